The van der Waals surface area contributed by atoms with Crippen LogP contribution in [0.1, 0.15) is 112 Å². The number of hydrogen-bond acceptors (Lipinski definition) is 4. The second kappa shape index (κ2) is 13.3. The first-order valence-electron chi connectivity index (χ1n) is 14.3. The first-order chi connectivity index (χ1) is 17.1. The van der Waals surface area contributed by atoms with Crippen molar-refractivity contribution in [1.29, 1.82) is 5.41 Å². The summed E-state index contributed by atoms with van der Waals surface area (Å²) in [6.07, 6.45) is 13.5. The predicted octanol–water partition coefficient (Wildman–Crippen LogP) is 9.29. The van der Waals surface area contributed by atoms with Gasteiger partial charge in [0.15, 0.2) is 0 Å². The molecule has 1 unspecified atom stereocenters. The lowest BCUT2D eigenvalue weighted by Crippen LogP contribution is -2.41. The van der Waals surface area contributed by atoms with Crippen molar-refractivity contribution in [2.24, 2.45) is 22.7 Å². The van der Waals surface area contributed by atoms with Gasteiger partial charge in [0.25, 0.3) is 0 Å². The molecular weight excluding hydrogens is 481 g/mol. The van der Waals surface area contributed by atoms with Crippen LogP contribution in [0.4, 0.5) is 0 Å². The lowest BCUT2D eigenvalue weighted by Gasteiger charge is -2.50. The van der Waals surface area contributed by atoms with E-state index >= 15 is 0 Å². The third-order valence-corrected chi connectivity index (χ3v) is 10.2. The normalized spacial score (nSPS) is 24.5. The molecule has 1 saturated carbocycles. The molecule has 3 rings (SSSR count). The zero-order valence-electron chi connectivity index (χ0n) is 24.7. The summed E-state index contributed by atoms with van der Waals surface area (Å²) < 4.78 is 12.4. The summed E-state index contributed by atoms with van der Waals surface area (Å²) in [6.45, 7) is 18.6. The molecule has 208 valence electrons. The fourth-order valence-corrected chi connectivity index (χ4v) is 6.31. The highest BCUT2D eigenvalue weighted by atomic mass is 35.5. The van der Waals surface area contributed by atoms with E-state index in [1.54, 1.807) is 0 Å². The largest absolute Gasteiger partial charge is 0.457 e. The lowest BCUT2D eigenvalue weighted by atomic mass is 9.55. The maximum atomic E-state index is 8.35. The van der Waals surface area contributed by atoms with Crippen LogP contribution in [0, 0.1) is 28.1 Å². The molecule has 0 aromatic heterocycles. The number of nitrogens with one attached hydrogen (secondary N) is 1. The highest BCUT2D eigenvalue weighted by Crippen LogP contribution is 2.54. The number of hydrogen-bond donors (Lipinski definition) is 1. The first-order valence-corrected chi connectivity index (χ1v) is 14.7. The summed E-state index contributed by atoms with van der Waals surface area (Å²) >= 11 is 6.04. The Morgan fingerprint density at radius 1 is 0.973 bits per heavy atom. The van der Waals surface area contributed by atoms with Crippen LogP contribution < -0.4 is 0 Å². The fourth-order valence-electron chi connectivity index (χ4n) is 6.19. The van der Waals surface area contributed by atoms with Gasteiger partial charge in [0.2, 0.25) is 6.08 Å². The lowest BCUT2D eigenvalue weighted by molar-refractivity contribution is -0.00482. The van der Waals surface area contributed by atoms with Crippen molar-refractivity contribution in [1.82, 2.24) is 0 Å². The van der Waals surface area contributed by atoms with Gasteiger partial charge in [-0.15, -0.1) is 0 Å². The maximum absolute atomic E-state index is 8.35. The van der Waals surface area contributed by atoms with E-state index in [4.69, 9.17) is 31.1 Å². The molecule has 0 radical (unpaired) electrons. The van der Waals surface area contributed by atoms with E-state index in [0.717, 1.165) is 29.3 Å². The minimum Gasteiger partial charge on any atom is -0.403 e. The molecule has 4 nitrogen and oxygen atoms in total. The van der Waals surface area contributed by atoms with Gasteiger partial charge in [-0.05, 0) is 106 Å². The first kappa shape index (κ1) is 32.1. The Balaban J connectivity index is 0.00000153. The van der Waals surface area contributed by atoms with Gasteiger partial charge in [-0.2, -0.15) is 0 Å². The molecule has 0 spiro atoms. The van der Waals surface area contributed by atoms with E-state index in [0.29, 0.717) is 10.8 Å². The molecule has 1 saturated heterocycles. The third kappa shape index (κ3) is 8.69. The van der Waals surface area contributed by atoms with Gasteiger partial charge in [0, 0.05) is 5.02 Å². The van der Waals surface area contributed by atoms with Gasteiger partial charge < -0.3 is 9.31 Å². The Bertz CT molecular complexity index is 849. The van der Waals surface area contributed by atoms with Gasteiger partial charge in [0.1, 0.15) is 0 Å². The van der Waals surface area contributed by atoms with Crippen LogP contribution in [-0.2, 0) is 20.5 Å². The number of isocyanates is 1. The number of benzene rings is 1. The maximum Gasteiger partial charge on any atom is 0.457 e. The summed E-state index contributed by atoms with van der Waals surface area (Å²) in [5.74, 6) is 1.70. The molecule has 1 N–H and O–H groups in total. The second-order valence-corrected chi connectivity index (χ2v) is 14.0. The fraction of sp³-hybridized carbons (Fsp3) is 0.774. The number of aryl methyl sites for hydroxylation is 1. The van der Waals surface area contributed by atoms with Crippen LogP contribution in [-0.4, -0.2) is 24.4 Å². The topological polar surface area (TPSA) is 59.4 Å². The van der Waals surface area contributed by atoms with Gasteiger partial charge >= 0.3 is 7.12 Å². The molecule has 1 heterocycles. The van der Waals surface area contributed by atoms with Crippen molar-refractivity contribution in [3.05, 3.63) is 34.9 Å². The van der Waals surface area contributed by atoms with E-state index in [1.165, 1.54) is 63.4 Å². The van der Waals surface area contributed by atoms with E-state index in [1.807, 2.05) is 12.1 Å². The zero-order chi connectivity index (χ0) is 27.9. The van der Waals surface area contributed by atoms with Gasteiger partial charge in [0.05, 0.1) is 11.2 Å². The minimum atomic E-state index is -0.218. The Kier molecular flexibility index (Phi) is 11.5. The third-order valence-electron chi connectivity index (χ3n) is 9.90. The number of halogens is 1. The molecule has 0 bridgehead atoms. The van der Waals surface area contributed by atoms with E-state index < -0.39 is 0 Å². The molecule has 2 fully saturated rings. The van der Waals surface area contributed by atoms with Crippen molar-refractivity contribution in [2.75, 3.05) is 0 Å². The monoisotopic (exact) mass is 531 g/mol. The average molecular weight is 532 g/mol. The summed E-state index contributed by atoms with van der Waals surface area (Å²) in [6, 6.07) is 8.42. The second-order valence-electron chi connectivity index (χ2n) is 13.6. The van der Waals surface area contributed by atoms with Crippen LogP contribution in [0.2, 0.25) is 11.3 Å². The van der Waals surface area contributed by atoms with E-state index in [-0.39, 0.29) is 18.3 Å². The van der Waals surface area contributed by atoms with Gasteiger partial charge in [-0.25, -0.2) is 10.2 Å². The van der Waals surface area contributed by atoms with Crippen LogP contribution >= 0.6 is 11.6 Å². The van der Waals surface area contributed by atoms with Gasteiger partial charge in [-0.3, -0.25) is 0 Å². The highest BCUT2D eigenvalue weighted by molar-refractivity contribution is 6.45. The Hall–Kier alpha value is -1.13. The molecule has 0 amide bonds. The zero-order valence-corrected chi connectivity index (χ0v) is 25.5. The SMILES string of the molecule is CC(C)(C)C(C)(CCCCB1OC(C)(C)C(C)(C)O1)C1CCC(CCc2ccc(Cl)cc2)CC1.N=C=O. The summed E-state index contributed by atoms with van der Waals surface area (Å²) in [5.41, 5.74) is 1.68. The molecule has 6 heteroatoms. The summed E-state index contributed by atoms with van der Waals surface area (Å²) in [5, 5.41) is 6.24. The minimum absolute atomic E-state index is 0.0537. The van der Waals surface area contributed by atoms with Crippen LogP contribution in [0.5, 0.6) is 0 Å². The number of rotatable bonds is 9. The van der Waals surface area contributed by atoms with Crippen molar-refractivity contribution in [3.8, 4) is 0 Å². The van der Waals surface area contributed by atoms with Crippen LogP contribution in [0.25, 0.3) is 0 Å². The number of unbranched alkanes of at least 4 members (excludes halogenated alkanes) is 1. The van der Waals surface area contributed by atoms with Crippen molar-refractivity contribution in [2.45, 2.75) is 131 Å². The standard InChI is InChI=1S/C30H50BClO2.CHNO/c1-27(2,3)30(8,21-9-10-22-31-33-28(4,5)29(6,7)34-31)25-17-13-23(14-18-25)11-12-24-15-19-26(32)20-16-24;2-1-3/h15-16,19-20,23,25H,9-14,17-18,21-22H2,1-8H3;2H. The number of carbonyl (C=O) groups excluding carboxylic acids is 1. The van der Waals surface area contributed by atoms with Crippen molar-refractivity contribution in [3.63, 3.8) is 0 Å². The Morgan fingerprint density at radius 3 is 1.97 bits per heavy atom. The predicted molar refractivity (Wildman–Crippen MR) is 156 cm³/mol. The molecule has 1 aromatic carbocycles. The summed E-state index contributed by atoms with van der Waals surface area (Å²) in [4.78, 5) is 8.35. The molecule has 1 atom stereocenters. The smallest absolute Gasteiger partial charge is 0.403 e. The molecule has 37 heavy (non-hydrogen) atoms. The van der Waals surface area contributed by atoms with Crippen LogP contribution in [0.15, 0.2) is 24.3 Å². The van der Waals surface area contributed by atoms with Crippen molar-refractivity contribution < 1.29 is 14.1 Å². The molecular formula is C31H51BClNO3. The Morgan fingerprint density at radius 2 is 1.49 bits per heavy atom. The Labute approximate surface area is 232 Å². The quantitative estimate of drug-likeness (QED) is 0.149. The van der Waals surface area contributed by atoms with E-state index in [2.05, 4.69) is 67.5 Å². The summed E-state index contributed by atoms with van der Waals surface area (Å²) in [7, 11) is -0.0537. The van der Waals surface area contributed by atoms with Gasteiger partial charge in [-0.1, -0.05) is 77.1 Å². The molecule has 1 aromatic rings. The highest BCUT2D eigenvalue weighted by Gasteiger charge is 2.50. The average Bonchev–Trinajstić information content (AvgIpc) is 3.02. The van der Waals surface area contributed by atoms with E-state index in [9.17, 15) is 0 Å². The van der Waals surface area contributed by atoms with Crippen molar-refractivity contribution >= 4 is 24.8 Å². The molecule has 1 aliphatic carbocycles. The molecule has 1 aliphatic heterocycles. The molecule has 2 aliphatic rings. The van der Waals surface area contributed by atoms with Crippen LogP contribution in [0.3, 0.4) is 0 Å².